The zero-order valence-electron chi connectivity index (χ0n) is 11.0. The van der Waals surface area contributed by atoms with Crippen LogP contribution in [-0.4, -0.2) is 50.2 Å². The van der Waals surface area contributed by atoms with Crippen LogP contribution in [0.5, 0.6) is 0 Å². The molecule has 1 aliphatic rings. The molecule has 1 saturated heterocycles. The van der Waals surface area contributed by atoms with Crippen molar-refractivity contribution in [1.82, 2.24) is 9.97 Å². The van der Waals surface area contributed by atoms with Crippen LogP contribution >= 0.6 is 12.2 Å². The largest absolute Gasteiger partial charge is 0.394 e. The molecule has 3 heterocycles. The summed E-state index contributed by atoms with van der Waals surface area (Å²) in [5.74, 6) is -2.37. The molecule has 4 unspecified atom stereocenters. The Morgan fingerprint density at radius 3 is 2.64 bits per heavy atom. The number of pyridine rings is 2. The lowest BCUT2D eigenvalue weighted by atomic mass is 10.0. The molecule has 3 rings (SSSR count). The minimum absolute atomic E-state index is 0.0550. The third-order valence-corrected chi connectivity index (χ3v) is 3.95. The molecule has 0 aromatic carbocycles. The number of aliphatic hydroxyl groups is 3. The van der Waals surface area contributed by atoms with Gasteiger partial charge in [-0.05, 0) is 12.1 Å². The molecule has 0 spiro atoms. The molecular formula is C13H12F2N2O4S. The fourth-order valence-electron chi connectivity index (χ4n) is 2.47. The van der Waals surface area contributed by atoms with Crippen LogP contribution in [-0.2, 0) is 4.74 Å². The minimum Gasteiger partial charge on any atom is -0.394 e. The summed E-state index contributed by atoms with van der Waals surface area (Å²) >= 11 is 5.11. The van der Waals surface area contributed by atoms with E-state index in [1.54, 1.807) is 0 Å². The second kappa shape index (κ2) is 5.60. The van der Waals surface area contributed by atoms with E-state index in [-0.39, 0.29) is 21.2 Å². The van der Waals surface area contributed by atoms with E-state index in [1.165, 1.54) is 6.07 Å². The molecule has 0 aliphatic carbocycles. The van der Waals surface area contributed by atoms with Gasteiger partial charge in [-0.2, -0.15) is 9.37 Å². The van der Waals surface area contributed by atoms with Gasteiger partial charge < -0.3 is 25.0 Å². The third kappa shape index (κ3) is 2.40. The fourth-order valence-corrected chi connectivity index (χ4v) is 2.74. The summed E-state index contributed by atoms with van der Waals surface area (Å²) in [5, 5.41) is 29.1. The van der Waals surface area contributed by atoms with E-state index in [1.807, 2.05) is 0 Å². The molecule has 9 heteroatoms. The molecule has 0 amide bonds. The highest BCUT2D eigenvalue weighted by Crippen LogP contribution is 2.34. The standard InChI is InChI=1S/C13H12F2N2O4S/c14-6-2-4-1-5(13(22)17-12(4)16-11(6)15)10-9(20)8(19)7(3-18)21-10/h1-2,7-10,18-20H,3H2,(H,16,17,22). The van der Waals surface area contributed by atoms with Crippen molar-refractivity contribution in [2.24, 2.45) is 0 Å². The van der Waals surface area contributed by atoms with Crippen LogP contribution in [0.3, 0.4) is 0 Å². The Labute approximate surface area is 128 Å². The maximum Gasteiger partial charge on any atom is 0.250 e. The minimum atomic E-state index is -1.30. The number of ether oxygens (including phenoxy) is 1. The summed E-state index contributed by atoms with van der Waals surface area (Å²) in [5.41, 5.74) is 0.345. The Kier molecular flexibility index (Phi) is 3.91. The number of hydrogen-bond acceptors (Lipinski definition) is 6. The zero-order chi connectivity index (χ0) is 16.0. The number of halogens is 2. The predicted octanol–water partition coefficient (Wildman–Crippen LogP) is 0.725. The van der Waals surface area contributed by atoms with Gasteiger partial charge in [-0.1, -0.05) is 12.2 Å². The predicted molar refractivity (Wildman–Crippen MR) is 73.6 cm³/mol. The van der Waals surface area contributed by atoms with Gasteiger partial charge in [0.1, 0.15) is 34.7 Å². The molecule has 6 nitrogen and oxygen atoms in total. The topological polar surface area (TPSA) is 98.6 Å². The van der Waals surface area contributed by atoms with Crippen molar-refractivity contribution in [3.05, 3.63) is 34.1 Å². The van der Waals surface area contributed by atoms with Gasteiger partial charge in [0, 0.05) is 10.9 Å². The normalized spacial score (nSPS) is 28.4. The van der Waals surface area contributed by atoms with E-state index in [4.69, 9.17) is 22.1 Å². The lowest BCUT2D eigenvalue weighted by Crippen LogP contribution is -2.32. The SMILES string of the molecule is OCC1OC(c2cc3cc(F)c(F)nc3[nH]c2=S)C(O)C1O. The van der Waals surface area contributed by atoms with Crippen molar-refractivity contribution >= 4 is 23.3 Å². The number of nitrogens with zero attached hydrogens (tertiary/aromatic N) is 1. The average molecular weight is 330 g/mol. The molecule has 22 heavy (non-hydrogen) atoms. The van der Waals surface area contributed by atoms with Crippen molar-refractivity contribution < 1.29 is 28.8 Å². The van der Waals surface area contributed by atoms with Gasteiger partial charge in [0.15, 0.2) is 5.82 Å². The van der Waals surface area contributed by atoms with E-state index in [2.05, 4.69) is 9.97 Å². The van der Waals surface area contributed by atoms with Crippen molar-refractivity contribution in [2.75, 3.05) is 6.61 Å². The van der Waals surface area contributed by atoms with Crippen LogP contribution in [0.1, 0.15) is 11.7 Å². The van der Waals surface area contributed by atoms with E-state index >= 15 is 0 Å². The summed E-state index contributed by atoms with van der Waals surface area (Å²) in [4.78, 5) is 6.05. The number of rotatable bonds is 2. The van der Waals surface area contributed by atoms with Gasteiger partial charge in [0.2, 0.25) is 0 Å². The second-order valence-electron chi connectivity index (χ2n) is 5.01. The first-order valence-corrected chi connectivity index (χ1v) is 6.84. The second-order valence-corrected chi connectivity index (χ2v) is 5.42. The molecule has 1 fully saturated rings. The van der Waals surface area contributed by atoms with Gasteiger partial charge >= 0.3 is 0 Å². The molecule has 4 atom stereocenters. The molecular weight excluding hydrogens is 318 g/mol. The number of aromatic nitrogens is 2. The highest BCUT2D eigenvalue weighted by molar-refractivity contribution is 7.71. The molecule has 4 N–H and O–H groups in total. The van der Waals surface area contributed by atoms with Crippen molar-refractivity contribution in [3.8, 4) is 0 Å². The number of aromatic amines is 1. The van der Waals surface area contributed by atoms with Crippen LogP contribution in [0.4, 0.5) is 8.78 Å². The van der Waals surface area contributed by atoms with Crippen LogP contribution in [0.25, 0.3) is 11.0 Å². The highest BCUT2D eigenvalue weighted by Gasteiger charge is 2.43. The van der Waals surface area contributed by atoms with Gasteiger partial charge in [0.25, 0.3) is 5.95 Å². The van der Waals surface area contributed by atoms with Gasteiger partial charge in [0.05, 0.1) is 6.61 Å². The maximum absolute atomic E-state index is 13.3. The highest BCUT2D eigenvalue weighted by atomic mass is 32.1. The molecule has 0 saturated carbocycles. The first kappa shape index (κ1) is 15.4. The molecule has 2 aromatic heterocycles. The van der Waals surface area contributed by atoms with Crippen LogP contribution in [0, 0.1) is 16.4 Å². The monoisotopic (exact) mass is 330 g/mol. The lowest BCUT2D eigenvalue weighted by molar-refractivity contribution is -0.0229. The molecule has 1 aliphatic heterocycles. The number of H-pyrrole nitrogens is 1. The third-order valence-electron chi connectivity index (χ3n) is 3.62. The summed E-state index contributed by atoms with van der Waals surface area (Å²) in [7, 11) is 0. The van der Waals surface area contributed by atoms with Gasteiger partial charge in [-0.3, -0.25) is 0 Å². The van der Waals surface area contributed by atoms with Gasteiger partial charge in [-0.25, -0.2) is 4.39 Å². The molecule has 2 aromatic rings. The van der Waals surface area contributed by atoms with Crippen LogP contribution < -0.4 is 0 Å². The van der Waals surface area contributed by atoms with Gasteiger partial charge in [-0.15, -0.1) is 0 Å². The van der Waals surface area contributed by atoms with E-state index in [0.29, 0.717) is 0 Å². The first-order valence-electron chi connectivity index (χ1n) is 6.43. The quantitative estimate of drug-likeness (QED) is 0.479. The molecule has 0 bridgehead atoms. The summed E-state index contributed by atoms with van der Waals surface area (Å²) in [6.45, 7) is -0.472. The van der Waals surface area contributed by atoms with Crippen molar-refractivity contribution in [2.45, 2.75) is 24.4 Å². The Balaban J connectivity index is 2.10. The fraction of sp³-hybridized carbons (Fsp3) is 0.385. The Hall–Kier alpha value is -1.52. The number of aliphatic hydroxyl groups excluding tert-OH is 3. The summed E-state index contributed by atoms with van der Waals surface area (Å²) in [6, 6.07) is 2.35. The van der Waals surface area contributed by atoms with Crippen LogP contribution in [0.15, 0.2) is 12.1 Å². The smallest absolute Gasteiger partial charge is 0.250 e. The number of fused-ring (bicyclic) bond motifs is 1. The maximum atomic E-state index is 13.3. The summed E-state index contributed by atoms with van der Waals surface area (Å²) in [6.07, 6.45) is -4.52. The van der Waals surface area contributed by atoms with E-state index in [9.17, 15) is 19.0 Å². The summed E-state index contributed by atoms with van der Waals surface area (Å²) < 4.78 is 31.9. The van der Waals surface area contributed by atoms with Crippen molar-refractivity contribution in [3.63, 3.8) is 0 Å². The molecule has 0 radical (unpaired) electrons. The van der Waals surface area contributed by atoms with Crippen LogP contribution in [0.2, 0.25) is 0 Å². The van der Waals surface area contributed by atoms with E-state index in [0.717, 1.165) is 6.07 Å². The average Bonchev–Trinajstić information content (AvgIpc) is 2.76. The lowest BCUT2D eigenvalue weighted by Gasteiger charge is -2.15. The Morgan fingerprint density at radius 2 is 2.00 bits per heavy atom. The zero-order valence-corrected chi connectivity index (χ0v) is 11.8. The van der Waals surface area contributed by atoms with E-state index < -0.39 is 42.8 Å². The Bertz CT molecular complexity index is 784. The van der Waals surface area contributed by atoms with Crippen molar-refractivity contribution in [1.29, 1.82) is 0 Å². The number of nitrogens with one attached hydrogen (secondary N) is 1. The Morgan fingerprint density at radius 1 is 1.27 bits per heavy atom. The first-order chi connectivity index (χ1) is 10.4. The molecule has 118 valence electrons. The number of hydrogen-bond donors (Lipinski definition) is 4.